The number of nitrogens with zero attached hydrogens (tertiary/aromatic N) is 5. The molecule has 0 bridgehead atoms. The molecule has 3 aromatic rings. The number of hydrogen-bond donors (Lipinski definition) is 1. The molecular formula is C27H37N5O4S. The van der Waals surface area contributed by atoms with Crippen LogP contribution in [0.1, 0.15) is 51.7 Å². The van der Waals surface area contributed by atoms with E-state index in [2.05, 4.69) is 23.1 Å². The highest BCUT2D eigenvalue weighted by atomic mass is 32.2. The maximum atomic E-state index is 8.95. The van der Waals surface area contributed by atoms with E-state index in [0.29, 0.717) is 19.6 Å². The number of anilines is 1. The second-order valence-electron chi connectivity index (χ2n) is 9.67. The van der Waals surface area contributed by atoms with Crippen LogP contribution in [0.5, 0.6) is 5.75 Å². The average Bonchev–Trinajstić information content (AvgIpc) is 3.60. The van der Waals surface area contributed by atoms with E-state index >= 15 is 0 Å². The van der Waals surface area contributed by atoms with Gasteiger partial charge in [0.25, 0.3) is 0 Å². The molecule has 0 amide bonds. The minimum Gasteiger partial charge on any atom is -0.488 e. The van der Waals surface area contributed by atoms with E-state index in [4.69, 9.17) is 34.4 Å². The van der Waals surface area contributed by atoms with Crippen LogP contribution in [0.3, 0.4) is 0 Å². The summed E-state index contributed by atoms with van der Waals surface area (Å²) >= 11 is 1.55. The first-order valence-corrected chi connectivity index (χ1v) is 14.6. The molecule has 2 fully saturated rings. The molecule has 2 aliphatic rings. The Hall–Kier alpha value is -2.40. The Balaban J connectivity index is 1.51. The largest absolute Gasteiger partial charge is 0.488 e. The van der Waals surface area contributed by atoms with Crippen molar-refractivity contribution in [2.45, 2.75) is 62.9 Å². The number of ether oxygens (including phenoxy) is 3. The van der Waals surface area contributed by atoms with Crippen LogP contribution in [0.4, 0.5) is 5.82 Å². The molecule has 4 heterocycles. The van der Waals surface area contributed by atoms with Gasteiger partial charge >= 0.3 is 0 Å². The predicted octanol–water partition coefficient (Wildman–Crippen LogP) is 4.68. The van der Waals surface area contributed by atoms with E-state index in [0.717, 1.165) is 78.0 Å². The quantitative estimate of drug-likeness (QED) is 0.217. The number of aliphatic hydroxyl groups excluding tert-OH is 1. The summed E-state index contributed by atoms with van der Waals surface area (Å²) in [6, 6.07) is 8.18. The number of fused-ring (bicyclic) bond motifs is 1. The molecule has 2 aliphatic heterocycles. The summed E-state index contributed by atoms with van der Waals surface area (Å²) in [5, 5.41) is 15.8. The van der Waals surface area contributed by atoms with Crippen molar-refractivity contribution >= 4 is 28.5 Å². The first-order valence-electron chi connectivity index (χ1n) is 13.3. The zero-order valence-electron chi connectivity index (χ0n) is 21.8. The summed E-state index contributed by atoms with van der Waals surface area (Å²) in [5.74, 6) is 1.72. The van der Waals surface area contributed by atoms with Gasteiger partial charge in [0, 0.05) is 44.4 Å². The highest BCUT2D eigenvalue weighted by molar-refractivity contribution is 7.98. The Labute approximate surface area is 222 Å². The summed E-state index contributed by atoms with van der Waals surface area (Å²) in [6.45, 7) is 5.89. The SMILES string of the molecule is CSc1nc(-c2nn(C3CCCCO3)c3ccc(OC(C)COCCCO)cc23)cc(N2CCCC2)n1. The van der Waals surface area contributed by atoms with Crippen LogP contribution in [-0.2, 0) is 9.47 Å². The van der Waals surface area contributed by atoms with Gasteiger partial charge in [-0.2, -0.15) is 5.10 Å². The molecule has 5 rings (SSSR count). The molecule has 0 aliphatic carbocycles. The Morgan fingerprint density at radius 3 is 2.78 bits per heavy atom. The Morgan fingerprint density at radius 1 is 1.16 bits per heavy atom. The van der Waals surface area contributed by atoms with E-state index in [1.165, 1.54) is 12.8 Å². The lowest BCUT2D eigenvalue weighted by molar-refractivity contribution is -0.0365. The third-order valence-electron chi connectivity index (χ3n) is 6.79. The summed E-state index contributed by atoms with van der Waals surface area (Å²) < 4.78 is 20.0. The van der Waals surface area contributed by atoms with Crippen molar-refractivity contribution in [3.63, 3.8) is 0 Å². The summed E-state index contributed by atoms with van der Waals surface area (Å²) in [7, 11) is 0. The van der Waals surface area contributed by atoms with Crippen molar-refractivity contribution in [1.82, 2.24) is 19.7 Å². The second kappa shape index (κ2) is 12.4. The van der Waals surface area contributed by atoms with Gasteiger partial charge in [-0.25, -0.2) is 14.6 Å². The average molecular weight is 528 g/mol. The van der Waals surface area contributed by atoms with Gasteiger partial charge in [0.15, 0.2) is 11.4 Å². The lowest BCUT2D eigenvalue weighted by Gasteiger charge is -2.23. The van der Waals surface area contributed by atoms with Crippen molar-refractivity contribution in [2.24, 2.45) is 0 Å². The topological polar surface area (TPSA) is 94.8 Å². The third kappa shape index (κ3) is 6.19. The molecule has 1 N–H and O–H groups in total. The van der Waals surface area contributed by atoms with Gasteiger partial charge < -0.3 is 24.2 Å². The van der Waals surface area contributed by atoms with Crippen molar-refractivity contribution in [3.8, 4) is 17.1 Å². The molecular weight excluding hydrogens is 490 g/mol. The molecule has 0 radical (unpaired) electrons. The van der Waals surface area contributed by atoms with Crippen molar-refractivity contribution in [3.05, 3.63) is 24.3 Å². The van der Waals surface area contributed by atoms with Gasteiger partial charge in [-0.15, -0.1) is 0 Å². The minimum absolute atomic E-state index is 0.0875. The van der Waals surface area contributed by atoms with Gasteiger partial charge in [-0.3, -0.25) is 0 Å². The number of aliphatic hydroxyl groups is 1. The van der Waals surface area contributed by atoms with E-state index in [1.54, 1.807) is 11.8 Å². The zero-order valence-corrected chi connectivity index (χ0v) is 22.6. The van der Waals surface area contributed by atoms with Crippen LogP contribution in [0.2, 0.25) is 0 Å². The van der Waals surface area contributed by atoms with Crippen LogP contribution in [0.15, 0.2) is 29.4 Å². The summed E-state index contributed by atoms with van der Waals surface area (Å²) in [4.78, 5) is 12.0. The van der Waals surface area contributed by atoms with Crippen LogP contribution in [0.25, 0.3) is 22.3 Å². The minimum atomic E-state index is -0.125. The Bertz CT molecular complexity index is 1180. The standard InChI is InChI=1S/C27H37N5O4S/c1-19(18-34-14-7-13-33)36-20-9-10-23-21(16-20)26(30-32(23)25-8-3-6-15-35-25)22-17-24(29-27(28-22)37-2)31-11-4-5-12-31/h9-10,16-17,19,25,33H,3-8,11-15,18H2,1-2H3. The van der Waals surface area contributed by atoms with Crippen LogP contribution >= 0.6 is 11.8 Å². The van der Waals surface area contributed by atoms with Crippen molar-refractivity contribution in [1.29, 1.82) is 0 Å². The van der Waals surface area contributed by atoms with Gasteiger partial charge in [-0.1, -0.05) is 11.8 Å². The molecule has 37 heavy (non-hydrogen) atoms. The monoisotopic (exact) mass is 527 g/mol. The number of benzene rings is 1. The molecule has 200 valence electrons. The number of hydrogen-bond acceptors (Lipinski definition) is 9. The fraction of sp³-hybridized carbons (Fsp3) is 0.593. The molecule has 2 aromatic heterocycles. The molecule has 0 spiro atoms. The Kier molecular flexibility index (Phi) is 8.81. The van der Waals surface area contributed by atoms with Gasteiger partial charge in [-0.05, 0) is 69.9 Å². The second-order valence-corrected chi connectivity index (χ2v) is 10.4. The fourth-order valence-corrected chi connectivity index (χ4v) is 5.31. The smallest absolute Gasteiger partial charge is 0.189 e. The first-order chi connectivity index (χ1) is 18.2. The molecule has 2 unspecified atom stereocenters. The lowest BCUT2D eigenvalue weighted by atomic mass is 10.1. The van der Waals surface area contributed by atoms with Crippen LogP contribution in [-0.4, -0.2) is 76.7 Å². The van der Waals surface area contributed by atoms with E-state index in [9.17, 15) is 0 Å². The molecule has 2 saturated heterocycles. The normalized spacial score (nSPS) is 19.0. The zero-order chi connectivity index (χ0) is 25.6. The number of aromatic nitrogens is 4. The number of rotatable bonds is 11. The maximum Gasteiger partial charge on any atom is 0.189 e. The lowest BCUT2D eigenvalue weighted by Crippen LogP contribution is -2.20. The third-order valence-corrected chi connectivity index (χ3v) is 7.34. The van der Waals surface area contributed by atoms with Crippen molar-refractivity contribution < 1.29 is 19.3 Å². The molecule has 1 aromatic carbocycles. The predicted molar refractivity (Wildman–Crippen MR) is 145 cm³/mol. The van der Waals surface area contributed by atoms with E-state index in [1.807, 2.05) is 23.9 Å². The summed E-state index contributed by atoms with van der Waals surface area (Å²) in [5.41, 5.74) is 2.64. The molecule has 10 heteroatoms. The molecule has 2 atom stereocenters. The van der Waals surface area contributed by atoms with Crippen LogP contribution < -0.4 is 9.64 Å². The van der Waals surface area contributed by atoms with Gasteiger partial charge in [0.1, 0.15) is 23.4 Å². The fourth-order valence-electron chi connectivity index (χ4n) is 4.93. The highest BCUT2D eigenvalue weighted by Gasteiger charge is 2.24. The Morgan fingerprint density at radius 2 is 2.03 bits per heavy atom. The molecule has 9 nitrogen and oxygen atoms in total. The summed E-state index contributed by atoms with van der Waals surface area (Å²) in [6.07, 6.45) is 7.95. The van der Waals surface area contributed by atoms with Gasteiger partial charge in [0.2, 0.25) is 0 Å². The van der Waals surface area contributed by atoms with E-state index < -0.39 is 0 Å². The molecule has 0 saturated carbocycles. The van der Waals surface area contributed by atoms with Gasteiger partial charge in [0.05, 0.1) is 17.8 Å². The maximum absolute atomic E-state index is 8.95. The number of thioether (sulfide) groups is 1. The highest BCUT2D eigenvalue weighted by Crippen LogP contribution is 2.36. The first kappa shape index (κ1) is 26.2. The van der Waals surface area contributed by atoms with Crippen LogP contribution in [0, 0.1) is 0 Å². The van der Waals surface area contributed by atoms with Crippen molar-refractivity contribution in [2.75, 3.05) is 50.7 Å². The van der Waals surface area contributed by atoms with E-state index in [-0.39, 0.29) is 18.9 Å².